The van der Waals surface area contributed by atoms with Gasteiger partial charge in [0.25, 0.3) is 0 Å². The van der Waals surface area contributed by atoms with Crippen LogP contribution in [0.25, 0.3) is 0 Å². The van der Waals surface area contributed by atoms with Gasteiger partial charge in [-0.05, 0) is 36.4 Å². The van der Waals surface area contributed by atoms with Gasteiger partial charge in [-0.3, -0.25) is 9.59 Å². The molecule has 0 radical (unpaired) electrons. The standard InChI is InChI=1S/C19H22N2O3S/c1-13(14-6-4-3-5-7-14)21-19(24)18(23)20-12-17(22)15-8-10-16(25-2)11-9-15/h3-11,13,17,22H,12H2,1-2H3,(H,20,23)(H,21,24). The first-order chi connectivity index (χ1) is 12.0. The average Bonchev–Trinajstić information content (AvgIpc) is 2.66. The minimum Gasteiger partial charge on any atom is -0.387 e. The number of thioether (sulfide) groups is 1. The van der Waals surface area contributed by atoms with E-state index in [1.165, 1.54) is 0 Å². The smallest absolute Gasteiger partial charge is 0.309 e. The van der Waals surface area contributed by atoms with E-state index in [1.54, 1.807) is 23.9 Å². The van der Waals surface area contributed by atoms with Gasteiger partial charge in [0.2, 0.25) is 0 Å². The summed E-state index contributed by atoms with van der Waals surface area (Å²) in [6.45, 7) is 1.78. The van der Waals surface area contributed by atoms with Crippen molar-refractivity contribution in [3.8, 4) is 0 Å². The zero-order valence-corrected chi connectivity index (χ0v) is 15.0. The van der Waals surface area contributed by atoms with Gasteiger partial charge in [-0.1, -0.05) is 42.5 Å². The summed E-state index contributed by atoms with van der Waals surface area (Å²) in [5.74, 6) is -1.48. The van der Waals surface area contributed by atoms with E-state index in [9.17, 15) is 14.7 Å². The molecule has 3 N–H and O–H groups in total. The van der Waals surface area contributed by atoms with Crippen LogP contribution in [0.1, 0.15) is 30.2 Å². The minimum atomic E-state index is -0.862. The lowest BCUT2D eigenvalue weighted by atomic mass is 10.1. The Morgan fingerprint density at radius 3 is 2.24 bits per heavy atom. The number of aliphatic hydroxyl groups is 1. The van der Waals surface area contributed by atoms with Gasteiger partial charge in [0.15, 0.2) is 0 Å². The number of aliphatic hydroxyl groups excluding tert-OH is 1. The van der Waals surface area contributed by atoms with Gasteiger partial charge in [0.1, 0.15) is 0 Å². The summed E-state index contributed by atoms with van der Waals surface area (Å²) in [7, 11) is 0. The van der Waals surface area contributed by atoms with E-state index in [2.05, 4.69) is 10.6 Å². The van der Waals surface area contributed by atoms with E-state index in [-0.39, 0.29) is 12.6 Å². The molecule has 25 heavy (non-hydrogen) atoms. The van der Waals surface area contributed by atoms with Crippen LogP contribution in [0.15, 0.2) is 59.5 Å². The Morgan fingerprint density at radius 2 is 1.64 bits per heavy atom. The number of rotatable bonds is 6. The fraction of sp³-hybridized carbons (Fsp3) is 0.263. The first kappa shape index (κ1) is 19.0. The summed E-state index contributed by atoms with van der Waals surface area (Å²) in [6, 6.07) is 16.5. The van der Waals surface area contributed by atoms with Gasteiger partial charge < -0.3 is 15.7 Å². The van der Waals surface area contributed by atoms with Crippen molar-refractivity contribution in [2.45, 2.75) is 24.0 Å². The van der Waals surface area contributed by atoms with Crippen LogP contribution in [0.2, 0.25) is 0 Å². The third-order valence-electron chi connectivity index (χ3n) is 3.81. The molecular formula is C19H22N2O3S. The molecule has 2 atom stereocenters. The molecule has 2 unspecified atom stereocenters. The minimum absolute atomic E-state index is 0.0232. The van der Waals surface area contributed by atoms with Gasteiger partial charge in [-0.2, -0.15) is 0 Å². The van der Waals surface area contributed by atoms with Crippen LogP contribution in [0.5, 0.6) is 0 Å². The van der Waals surface area contributed by atoms with Crippen LogP contribution < -0.4 is 10.6 Å². The van der Waals surface area contributed by atoms with Gasteiger partial charge in [0.05, 0.1) is 12.1 Å². The molecule has 2 amide bonds. The van der Waals surface area contributed by atoms with Crippen LogP contribution in [0, 0.1) is 0 Å². The first-order valence-corrected chi connectivity index (χ1v) is 9.19. The number of hydrogen-bond donors (Lipinski definition) is 3. The largest absolute Gasteiger partial charge is 0.387 e. The lowest BCUT2D eigenvalue weighted by Gasteiger charge is -2.15. The third kappa shape index (κ3) is 5.62. The highest BCUT2D eigenvalue weighted by Gasteiger charge is 2.18. The molecule has 0 fully saturated rings. The van der Waals surface area contributed by atoms with Gasteiger partial charge in [0, 0.05) is 11.4 Å². The van der Waals surface area contributed by atoms with E-state index < -0.39 is 17.9 Å². The number of hydrogen-bond acceptors (Lipinski definition) is 4. The highest BCUT2D eigenvalue weighted by Crippen LogP contribution is 2.18. The first-order valence-electron chi connectivity index (χ1n) is 7.97. The zero-order chi connectivity index (χ0) is 18.2. The number of benzene rings is 2. The lowest BCUT2D eigenvalue weighted by Crippen LogP contribution is -2.42. The molecule has 0 aromatic heterocycles. The molecule has 0 heterocycles. The second kappa shape index (κ2) is 9.25. The molecule has 132 valence electrons. The maximum Gasteiger partial charge on any atom is 0.309 e. The SMILES string of the molecule is CSc1ccc(C(O)CNC(=O)C(=O)NC(C)c2ccccc2)cc1. The van der Waals surface area contributed by atoms with Crippen molar-refractivity contribution in [3.63, 3.8) is 0 Å². The van der Waals surface area contributed by atoms with Crippen molar-refractivity contribution in [1.29, 1.82) is 0 Å². The normalized spacial score (nSPS) is 12.9. The molecule has 0 aliphatic heterocycles. The summed E-state index contributed by atoms with van der Waals surface area (Å²) in [5.41, 5.74) is 1.61. The molecule has 2 aromatic carbocycles. The molecule has 6 heteroatoms. The van der Waals surface area contributed by atoms with Crippen molar-refractivity contribution in [3.05, 3.63) is 65.7 Å². The van der Waals surface area contributed by atoms with Crippen LogP contribution in [-0.4, -0.2) is 29.7 Å². The Kier molecular flexibility index (Phi) is 7.03. The Morgan fingerprint density at radius 1 is 1.00 bits per heavy atom. The molecule has 2 rings (SSSR count). The third-order valence-corrected chi connectivity index (χ3v) is 4.55. The fourth-order valence-electron chi connectivity index (χ4n) is 2.30. The van der Waals surface area contributed by atoms with Crippen molar-refractivity contribution in [2.75, 3.05) is 12.8 Å². The number of amides is 2. The molecule has 0 saturated carbocycles. The molecule has 0 aliphatic rings. The Bertz CT molecular complexity index is 704. The predicted octanol–water partition coefficient (Wildman–Crippen LogP) is 2.44. The fourth-order valence-corrected chi connectivity index (χ4v) is 2.71. The summed E-state index contributed by atoms with van der Waals surface area (Å²) < 4.78 is 0. The predicted molar refractivity (Wildman–Crippen MR) is 99.2 cm³/mol. The van der Waals surface area contributed by atoms with E-state index in [0.717, 1.165) is 10.5 Å². The van der Waals surface area contributed by atoms with Crippen molar-refractivity contribution in [2.24, 2.45) is 0 Å². The van der Waals surface area contributed by atoms with Crippen LogP contribution in [-0.2, 0) is 9.59 Å². The molecule has 0 aliphatic carbocycles. The molecule has 5 nitrogen and oxygen atoms in total. The second-order valence-electron chi connectivity index (χ2n) is 5.60. The molecule has 0 bridgehead atoms. The summed E-state index contributed by atoms with van der Waals surface area (Å²) in [6.07, 6.45) is 1.11. The lowest BCUT2D eigenvalue weighted by molar-refractivity contribution is -0.139. The van der Waals surface area contributed by atoms with Crippen LogP contribution in [0.4, 0.5) is 0 Å². The topological polar surface area (TPSA) is 78.4 Å². The molecular weight excluding hydrogens is 336 g/mol. The quantitative estimate of drug-likeness (QED) is 0.547. The van der Waals surface area contributed by atoms with Gasteiger partial charge >= 0.3 is 11.8 Å². The van der Waals surface area contributed by atoms with Crippen LogP contribution >= 0.6 is 11.8 Å². The summed E-state index contributed by atoms with van der Waals surface area (Å²) in [4.78, 5) is 25.0. The maximum absolute atomic E-state index is 12.0. The highest BCUT2D eigenvalue weighted by atomic mass is 32.2. The Labute approximate surface area is 151 Å². The zero-order valence-electron chi connectivity index (χ0n) is 14.2. The number of carbonyl (C=O) groups excluding carboxylic acids is 2. The molecule has 0 saturated heterocycles. The molecule has 0 spiro atoms. The second-order valence-corrected chi connectivity index (χ2v) is 6.48. The van der Waals surface area contributed by atoms with Crippen molar-refractivity contribution < 1.29 is 14.7 Å². The van der Waals surface area contributed by atoms with Gasteiger partial charge in [-0.15, -0.1) is 11.8 Å². The summed E-state index contributed by atoms with van der Waals surface area (Å²) in [5, 5.41) is 15.2. The van der Waals surface area contributed by atoms with E-state index >= 15 is 0 Å². The number of nitrogens with one attached hydrogen (secondary N) is 2. The Balaban J connectivity index is 1.83. The average molecular weight is 358 g/mol. The van der Waals surface area contributed by atoms with Crippen molar-refractivity contribution >= 4 is 23.6 Å². The monoisotopic (exact) mass is 358 g/mol. The van der Waals surface area contributed by atoms with E-state index in [4.69, 9.17) is 0 Å². The molecule has 2 aromatic rings. The van der Waals surface area contributed by atoms with Crippen molar-refractivity contribution in [1.82, 2.24) is 10.6 Å². The highest BCUT2D eigenvalue weighted by molar-refractivity contribution is 7.98. The van der Waals surface area contributed by atoms with E-state index in [1.807, 2.05) is 55.6 Å². The number of carbonyl (C=O) groups is 2. The van der Waals surface area contributed by atoms with E-state index in [0.29, 0.717) is 5.56 Å². The summed E-state index contributed by atoms with van der Waals surface area (Å²) >= 11 is 1.61. The maximum atomic E-state index is 12.0. The Hall–Kier alpha value is -2.31. The van der Waals surface area contributed by atoms with Gasteiger partial charge in [-0.25, -0.2) is 0 Å². The van der Waals surface area contributed by atoms with Crippen LogP contribution in [0.3, 0.4) is 0 Å².